The van der Waals surface area contributed by atoms with Crippen molar-refractivity contribution in [3.05, 3.63) is 68.8 Å². The minimum Gasteiger partial charge on any atom is -0.422 e. The molecule has 0 saturated carbocycles. The van der Waals surface area contributed by atoms with Crippen LogP contribution in [0, 0.1) is 12.7 Å². The SMILES string of the molecule is CC.Cc1c(Cc2c(CN3CCC3)c3cc(F)c(OC(=O)N(C)C)cc3oc2=O)cccc1NS(C)(=O)=O. The number of carbonyl (C=O) groups excluding carboxylic acids is 1. The van der Waals surface area contributed by atoms with Crippen LogP contribution in [-0.2, 0) is 23.0 Å². The third-order valence-corrected chi connectivity index (χ3v) is 6.76. The molecule has 0 unspecified atom stereocenters. The second-order valence-electron chi connectivity index (χ2n) is 9.16. The van der Waals surface area contributed by atoms with Crippen molar-refractivity contribution in [2.75, 3.05) is 38.2 Å². The van der Waals surface area contributed by atoms with Gasteiger partial charge in [0.25, 0.3) is 0 Å². The third kappa shape index (κ3) is 6.70. The fourth-order valence-electron chi connectivity index (χ4n) is 4.06. The van der Waals surface area contributed by atoms with Crippen LogP contribution in [0.4, 0.5) is 14.9 Å². The molecule has 9 nitrogen and oxygen atoms in total. The van der Waals surface area contributed by atoms with E-state index in [-0.39, 0.29) is 17.8 Å². The Bertz CT molecular complexity index is 1500. The number of likely N-dealkylation sites (tertiary alicyclic amines) is 1. The maximum atomic E-state index is 15.0. The van der Waals surface area contributed by atoms with Crippen LogP contribution in [0.1, 0.15) is 42.5 Å². The molecule has 3 aromatic rings. The van der Waals surface area contributed by atoms with Gasteiger partial charge in [-0.25, -0.2) is 22.4 Å². The molecule has 0 aliphatic carbocycles. The number of ether oxygens (including phenoxy) is 1. The summed E-state index contributed by atoms with van der Waals surface area (Å²) in [5, 5.41) is 0.418. The molecule has 1 saturated heterocycles. The smallest absolute Gasteiger partial charge is 0.414 e. The van der Waals surface area contributed by atoms with E-state index in [1.165, 1.54) is 26.2 Å². The summed E-state index contributed by atoms with van der Waals surface area (Å²) < 4.78 is 51.6. The highest BCUT2D eigenvalue weighted by Crippen LogP contribution is 2.31. The van der Waals surface area contributed by atoms with Gasteiger partial charge in [0, 0.05) is 44.1 Å². The van der Waals surface area contributed by atoms with Crippen molar-refractivity contribution in [3.8, 4) is 5.75 Å². The molecular formula is C27H34FN3O6S. The summed E-state index contributed by atoms with van der Waals surface area (Å²) in [5.74, 6) is -1.08. The first-order valence-corrected chi connectivity index (χ1v) is 14.3. The molecule has 1 aliphatic heterocycles. The maximum Gasteiger partial charge on any atom is 0.414 e. The minimum atomic E-state index is -3.49. The number of nitrogens with one attached hydrogen (secondary N) is 1. The van der Waals surface area contributed by atoms with Gasteiger partial charge < -0.3 is 14.1 Å². The number of rotatable bonds is 7. The lowest BCUT2D eigenvalue weighted by molar-refractivity contribution is 0.170. The van der Waals surface area contributed by atoms with E-state index in [4.69, 9.17) is 9.15 Å². The number of amides is 1. The quantitative estimate of drug-likeness (QED) is 0.434. The first kappa shape index (κ1) is 29.1. The molecule has 2 aromatic carbocycles. The number of halogens is 1. The molecule has 1 amide bonds. The van der Waals surface area contributed by atoms with Gasteiger partial charge in [-0.05, 0) is 55.3 Å². The van der Waals surface area contributed by atoms with E-state index in [1.807, 2.05) is 19.9 Å². The van der Waals surface area contributed by atoms with Crippen LogP contribution in [0.25, 0.3) is 11.0 Å². The van der Waals surface area contributed by atoms with Gasteiger partial charge in [-0.2, -0.15) is 0 Å². The maximum absolute atomic E-state index is 15.0. The van der Waals surface area contributed by atoms with Crippen LogP contribution in [-0.4, -0.2) is 57.8 Å². The summed E-state index contributed by atoms with van der Waals surface area (Å²) in [6.45, 7) is 7.91. The standard InChI is InChI=1S/C25H28FN3O6S.C2H6/c1-15-16(7-5-8-21(15)27-36(4,32)33)11-18-19(14-29-9-6-10-29)17-12-20(26)23(35-25(31)28(2)3)13-22(17)34-24(18)30;1-2/h5,7-8,12-13,27H,6,9-11,14H2,1-4H3;1-2H3. The van der Waals surface area contributed by atoms with Crippen LogP contribution < -0.4 is 15.1 Å². The molecule has 38 heavy (non-hydrogen) atoms. The van der Waals surface area contributed by atoms with Crippen LogP contribution >= 0.6 is 0 Å². The average Bonchev–Trinajstić information content (AvgIpc) is 2.81. The molecule has 11 heteroatoms. The number of anilines is 1. The molecule has 1 aliphatic rings. The van der Waals surface area contributed by atoms with E-state index < -0.39 is 27.6 Å². The van der Waals surface area contributed by atoms with E-state index in [0.717, 1.165) is 36.2 Å². The number of hydrogen-bond acceptors (Lipinski definition) is 7. The molecular weight excluding hydrogens is 513 g/mol. The topological polar surface area (TPSA) is 109 Å². The first-order chi connectivity index (χ1) is 17.9. The fraction of sp³-hybridized carbons (Fsp3) is 0.407. The molecule has 0 spiro atoms. The predicted octanol–water partition coefficient (Wildman–Crippen LogP) is 4.50. The van der Waals surface area contributed by atoms with Crippen molar-refractivity contribution in [1.29, 1.82) is 0 Å². The number of hydrogen-bond donors (Lipinski definition) is 1. The Balaban J connectivity index is 0.00000195. The van der Waals surface area contributed by atoms with E-state index in [9.17, 15) is 22.4 Å². The van der Waals surface area contributed by atoms with E-state index in [2.05, 4.69) is 9.62 Å². The average molecular weight is 548 g/mol. The van der Waals surface area contributed by atoms with Gasteiger partial charge in [-0.1, -0.05) is 26.0 Å². The van der Waals surface area contributed by atoms with E-state index in [1.54, 1.807) is 19.1 Å². The van der Waals surface area contributed by atoms with Crippen LogP contribution in [0.15, 0.2) is 39.5 Å². The number of carbonyl (C=O) groups is 1. The molecule has 206 valence electrons. The fourth-order valence-corrected chi connectivity index (χ4v) is 4.69. The summed E-state index contributed by atoms with van der Waals surface area (Å²) in [6, 6.07) is 7.61. The Morgan fingerprint density at radius 2 is 1.87 bits per heavy atom. The number of nitrogens with zero attached hydrogens (tertiary/aromatic N) is 2. The Morgan fingerprint density at radius 1 is 1.18 bits per heavy atom. The van der Waals surface area contributed by atoms with Crippen molar-refractivity contribution in [2.24, 2.45) is 0 Å². The minimum absolute atomic E-state index is 0.117. The molecule has 1 fully saturated rings. The van der Waals surface area contributed by atoms with Crippen LogP contribution in [0.2, 0.25) is 0 Å². The van der Waals surface area contributed by atoms with Gasteiger partial charge in [0.15, 0.2) is 11.6 Å². The second kappa shape index (κ2) is 12.0. The van der Waals surface area contributed by atoms with Gasteiger partial charge in [0.2, 0.25) is 10.0 Å². The normalized spacial score (nSPS) is 13.3. The number of sulfonamides is 1. The van der Waals surface area contributed by atoms with Gasteiger partial charge in [0.05, 0.1) is 11.9 Å². The van der Waals surface area contributed by atoms with Crippen molar-refractivity contribution >= 4 is 32.8 Å². The zero-order chi connectivity index (χ0) is 28.2. The predicted molar refractivity (Wildman–Crippen MR) is 146 cm³/mol. The molecule has 1 N–H and O–H groups in total. The van der Waals surface area contributed by atoms with Crippen molar-refractivity contribution in [2.45, 2.75) is 40.2 Å². The van der Waals surface area contributed by atoms with Crippen LogP contribution in [0.3, 0.4) is 0 Å². The lowest BCUT2D eigenvalue weighted by Crippen LogP contribution is -2.37. The Kier molecular flexibility index (Phi) is 9.16. The second-order valence-corrected chi connectivity index (χ2v) is 10.9. The van der Waals surface area contributed by atoms with E-state index in [0.29, 0.717) is 34.3 Å². The third-order valence-electron chi connectivity index (χ3n) is 6.17. The largest absolute Gasteiger partial charge is 0.422 e. The lowest BCUT2D eigenvalue weighted by Gasteiger charge is -2.31. The molecule has 0 bridgehead atoms. The summed E-state index contributed by atoms with van der Waals surface area (Å²) in [4.78, 5) is 28.4. The molecule has 2 heterocycles. The summed E-state index contributed by atoms with van der Waals surface area (Å²) in [5.41, 5.74) is 2.36. The van der Waals surface area contributed by atoms with Gasteiger partial charge in [-0.3, -0.25) is 9.62 Å². The van der Waals surface area contributed by atoms with Gasteiger partial charge in [0.1, 0.15) is 5.58 Å². The molecule has 0 atom stereocenters. The highest BCUT2D eigenvalue weighted by Gasteiger charge is 2.24. The number of fused-ring (bicyclic) bond motifs is 1. The van der Waals surface area contributed by atoms with Gasteiger partial charge >= 0.3 is 11.7 Å². The van der Waals surface area contributed by atoms with E-state index >= 15 is 0 Å². The monoisotopic (exact) mass is 547 g/mol. The zero-order valence-electron chi connectivity index (χ0n) is 22.6. The summed E-state index contributed by atoms with van der Waals surface area (Å²) in [6.07, 6.45) is 1.52. The highest BCUT2D eigenvalue weighted by molar-refractivity contribution is 7.92. The Hall–Kier alpha value is -3.44. The van der Waals surface area contributed by atoms with Crippen molar-refractivity contribution in [1.82, 2.24) is 9.80 Å². The first-order valence-electron chi connectivity index (χ1n) is 12.4. The lowest BCUT2D eigenvalue weighted by atomic mass is 9.94. The molecule has 0 radical (unpaired) electrons. The molecule has 4 rings (SSSR count). The Morgan fingerprint density at radius 3 is 2.45 bits per heavy atom. The van der Waals surface area contributed by atoms with Gasteiger partial charge in [-0.15, -0.1) is 0 Å². The Labute approximate surface area is 222 Å². The highest BCUT2D eigenvalue weighted by atomic mass is 32.2. The van der Waals surface area contributed by atoms with Crippen molar-refractivity contribution in [3.63, 3.8) is 0 Å². The molecule has 1 aromatic heterocycles. The summed E-state index contributed by atoms with van der Waals surface area (Å²) in [7, 11) is -0.540. The summed E-state index contributed by atoms with van der Waals surface area (Å²) >= 11 is 0. The van der Waals surface area contributed by atoms with Crippen LogP contribution in [0.5, 0.6) is 5.75 Å². The van der Waals surface area contributed by atoms with Crippen molar-refractivity contribution < 1.29 is 26.8 Å². The number of benzene rings is 2. The zero-order valence-corrected chi connectivity index (χ0v) is 23.4.